The summed E-state index contributed by atoms with van der Waals surface area (Å²) in [5, 5.41) is 12.3. The lowest BCUT2D eigenvalue weighted by molar-refractivity contribution is 0.0697. The van der Waals surface area contributed by atoms with Gasteiger partial charge in [0, 0.05) is 36.2 Å². The Hall–Kier alpha value is -3.45. The fraction of sp³-hybridized carbons (Fsp3) is 0.190. The van der Waals surface area contributed by atoms with Gasteiger partial charge in [0.25, 0.3) is 0 Å². The Labute approximate surface area is 162 Å². The number of carboxylic acids is 1. The van der Waals surface area contributed by atoms with Gasteiger partial charge in [-0.25, -0.2) is 14.8 Å². The van der Waals surface area contributed by atoms with Crippen LogP contribution in [-0.4, -0.2) is 47.3 Å². The van der Waals surface area contributed by atoms with Crippen LogP contribution in [0.5, 0.6) is 0 Å². The summed E-state index contributed by atoms with van der Waals surface area (Å²) in [4.78, 5) is 22.1. The number of benzene rings is 2. The number of nitrogens with zero attached hydrogens (tertiary/aromatic N) is 3. The van der Waals surface area contributed by atoms with Crippen molar-refractivity contribution < 1.29 is 14.6 Å². The van der Waals surface area contributed by atoms with Crippen LogP contribution in [0, 0.1) is 0 Å². The summed E-state index contributed by atoms with van der Waals surface area (Å²) in [5.41, 5.74) is 3.84. The van der Waals surface area contributed by atoms with Gasteiger partial charge in [0.1, 0.15) is 0 Å². The Kier molecular flexibility index (Phi) is 5.16. The van der Waals surface area contributed by atoms with Gasteiger partial charge in [-0.1, -0.05) is 18.2 Å². The number of aromatic nitrogens is 2. The van der Waals surface area contributed by atoms with E-state index in [4.69, 9.17) is 9.84 Å². The summed E-state index contributed by atoms with van der Waals surface area (Å²) < 4.78 is 5.41. The Bertz CT molecular complexity index is 969. The van der Waals surface area contributed by atoms with E-state index in [-0.39, 0.29) is 5.56 Å². The molecule has 28 heavy (non-hydrogen) atoms. The zero-order valence-corrected chi connectivity index (χ0v) is 15.2. The molecule has 0 bridgehead atoms. The van der Waals surface area contributed by atoms with Crippen LogP contribution in [0.4, 0.5) is 17.3 Å². The molecule has 2 aromatic carbocycles. The van der Waals surface area contributed by atoms with Gasteiger partial charge < -0.3 is 20.1 Å². The quantitative estimate of drug-likeness (QED) is 0.705. The molecule has 4 rings (SSSR count). The van der Waals surface area contributed by atoms with Crippen molar-refractivity contribution in [3.63, 3.8) is 0 Å². The van der Waals surface area contributed by atoms with Gasteiger partial charge in [-0.15, -0.1) is 0 Å². The maximum Gasteiger partial charge on any atom is 0.335 e. The Morgan fingerprint density at radius 2 is 1.86 bits per heavy atom. The van der Waals surface area contributed by atoms with Gasteiger partial charge in [0.05, 0.1) is 24.5 Å². The van der Waals surface area contributed by atoms with Crippen LogP contribution in [0.1, 0.15) is 10.4 Å². The van der Waals surface area contributed by atoms with Crippen molar-refractivity contribution in [3.05, 3.63) is 66.4 Å². The second kappa shape index (κ2) is 8.06. The van der Waals surface area contributed by atoms with E-state index in [1.807, 2.05) is 12.1 Å². The van der Waals surface area contributed by atoms with Crippen molar-refractivity contribution in [3.8, 4) is 11.3 Å². The standard InChI is InChI=1S/C21H20N4O3/c26-20(27)16-6-4-15(5-7-16)19-8-9-22-21(24-19)23-17-2-1-3-18(14-17)25-10-12-28-13-11-25/h1-9,14H,10-13H2,(H,26,27)(H,22,23,24). The third-order valence-corrected chi connectivity index (χ3v) is 4.56. The van der Waals surface area contributed by atoms with Crippen molar-refractivity contribution in [2.24, 2.45) is 0 Å². The molecule has 1 fully saturated rings. The lowest BCUT2D eigenvalue weighted by Crippen LogP contribution is -2.36. The number of rotatable bonds is 5. The van der Waals surface area contributed by atoms with Gasteiger partial charge >= 0.3 is 5.97 Å². The molecule has 0 amide bonds. The molecule has 0 saturated carbocycles. The number of anilines is 3. The molecule has 7 nitrogen and oxygen atoms in total. The predicted molar refractivity (Wildman–Crippen MR) is 107 cm³/mol. The number of nitrogens with one attached hydrogen (secondary N) is 1. The zero-order chi connectivity index (χ0) is 19.3. The zero-order valence-electron chi connectivity index (χ0n) is 15.2. The monoisotopic (exact) mass is 376 g/mol. The summed E-state index contributed by atoms with van der Waals surface area (Å²) in [6.45, 7) is 3.23. The van der Waals surface area contributed by atoms with Gasteiger partial charge in [-0.05, 0) is 36.4 Å². The van der Waals surface area contributed by atoms with Gasteiger partial charge in [-0.2, -0.15) is 0 Å². The van der Waals surface area contributed by atoms with E-state index in [0.717, 1.165) is 48.9 Å². The van der Waals surface area contributed by atoms with E-state index in [9.17, 15) is 4.79 Å². The molecule has 0 radical (unpaired) electrons. The highest BCUT2D eigenvalue weighted by molar-refractivity contribution is 5.88. The number of carbonyl (C=O) groups is 1. The average Bonchev–Trinajstić information content (AvgIpc) is 2.75. The highest BCUT2D eigenvalue weighted by atomic mass is 16.5. The fourth-order valence-corrected chi connectivity index (χ4v) is 3.09. The molecule has 0 aliphatic carbocycles. The van der Waals surface area contributed by atoms with Gasteiger partial charge in [-0.3, -0.25) is 0 Å². The number of aromatic carboxylic acids is 1. The van der Waals surface area contributed by atoms with Crippen LogP contribution in [0.2, 0.25) is 0 Å². The molecular formula is C21H20N4O3. The Morgan fingerprint density at radius 3 is 2.61 bits per heavy atom. The molecule has 0 atom stereocenters. The van der Waals surface area contributed by atoms with Crippen LogP contribution in [0.25, 0.3) is 11.3 Å². The molecule has 142 valence electrons. The van der Waals surface area contributed by atoms with E-state index in [1.54, 1.807) is 36.5 Å². The smallest absolute Gasteiger partial charge is 0.335 e. The Morgan fingerprint density at radius 1 is 1.07 bits per heavy atom. The number of ether oxygens (including phenoxy) is 1. The molecule has 0 unspecified atom stereocenters. The molecule has 2 heterocycles. The van der Waals surface area contributed by atoms with E-state index >= 15 is 0 Å². The molecule has 1 aliphatic rings. The maximum atomic E-state index is 11.0. The third kappa shape index (κ3) is 4.10. The van der Waals surface area contributed by atoms with Crippen LogP contribution < -0.4 is 10.2 Å². The minimum absolute atomic E-state index is 0.246. The van der Waals surface area contributed by atoms with Gasteiger partial charge in [0.15, 0.2) is 0 Å². The maximum absolute atomic E-state index is 11.0. The second-order valence-electron chi connectivity index (χ2n) is 6.42. The van der Waals surface area contributed by atoms with Crippen LogP contribution in [0.3, 0.4) is 0 Å². The third-order valence-electron chi connectivity index (χ3n) is 4.56. The molecule has 1 aliphatic heterocycles. The highest BCUT2D eigenvalue weighted by Gasteiger charge is 2.12. The predicted octanol–water partition coefficient (Wildman–Crippen LogP) is 3.42. The first-order chi connectivity index (χ1) is 13.7. The number of carboxylic acid groups (broad SMARTS) is 1. The molecule has 2 N–H and O–H groups in total. The normalized spacial score (nSPS) is 13.9. The minimum atomic E-state index is -0.947. The lowest BCUT2D eigenvalue weighted by atomic mass is 10.1. The van der Waals surface area contributed by atoms with Crippen LogP contribution in [-0.2, 0) is 4.74 Å². The molecule has 3 aromatic rings. The van der Waals surface area contributed by atoms with Crippen molar-refractivity contribution in [2.75, 3.05) is 36.5 Å². The fourth-order valence-electron chi connectivity index (χ4n) is 3.09. The average molecular weight is 376 g/mol. The van der Waals surface area contributed by atoms with Crippen molar-refractivity contribution in [1.29, 1.82) is 0 Å². The van der Waals surface area contributed by atoms with E-state index in [2.05, 4.69) is 32.3 Å². The van der Waals surface area contributed by atoms with Crippen molar-refractivity contribution in [1.82, 2.24) is 9.97 Å². The molecule has 7 heteroatoms. The summed E-state index contributed by atoms with van der Waals surface area (Å²) in [6, 6.07) is 16.6. The van der Waals surface area contributed by atoms with E-state index in [0.29, 0.717) is 5.95 Å². The molecule has 0 spiro atoms. The summed E-state index contributed by atoms with van der Waals surface area (Å²) >= 11 is 0. The second-order valence-corrected chi connectivity index (χ2v) is 6.42. The van der Waals surface area contributed by atoms with Crippen LogP contribution >= 0.6 is 0 Å². The molecular weight excluding hydrogens is 356 g/mol. The van der Waals surface area contributed by atoms with Crippen molar-refractivity contribution in [2.45, 2.75) is 0 Å². The largest absolute Gasteiger partial charge is 0.478 e. The first kappa shape index (κ1) is 17.9. The van der Waals surface area contributed by atoms with Gasteiger partial charge in [0.2, 0.25) is 5.95 Å². The number of morpholine rings is 1. The minimum Gasteiger partial charge on any atom is -0.478 e. The number of hydrogen-bond acceptors (Lipinski definition) is 6. The number of hydrogen-bond donors (Lipinski definition) is 2. The lowest BCUT2D eigenvalue weighted by Gasteiger charge is -2.29. The molecule has 1 saturated heterocycles. The van der Waals surface area contributed by atoms with Crippen molar-refractivity contribution >= 4 is 23.3 Å². The van der Waals surface area contributed by atoms with E-state index in [1.165, 1.54) is 0 Å². The Balaban J connectivity index is 1.53. The molecule has 1 aromatic heterocycles. The first-order valence-electron chi connectivity index (χ1n) is 9.05. The summed E-state index contributed by atoms with van der Waals surface area (Å²) in [5.74, 6) is -0.462. The first-order valence-corrected chi connectivity index (χ1v) is 9.05. The SMILES string of the molecule is O=C(O)c1ccc(-c2ccnc(Nc3cccc(N4CCOCC4)c3)n2)cc1. The van der Waals surface area contributed by atoms with Crippen LogP contribution in [0.15, 0.2) is 60.8 Å². The topological polar surface area (TPSA) is 87.6 Å². The van der Waals surface area contributed by atoms with E-state index < -0.39 is 5.97 Å². The highest BCUT2D eigenvalue weighted by Crippen LogP contribution is 2.24. The summed E-state index contributed by atoms with van der Waals surface area (Å²) in [7, 11) is 0. The summed E-state index contributed by atoms with van der Waals surface area (Å²) in [6.07, 6.45) is 1.68.